The molecule has 3 fully saturated rings. The van der Waals surface area contributed by atoms with E-state index in [1.807, 2.05) is 0 Å². The molecule has 0 amide bonds. The summed E-state index contributed by atoms with van der Waals surface area (Å²) in [6.07, 6.45) is 11.7. The molecule has 35 heavy (non-hydrogen) atoms. The topological polar surface area (TPSA) is 38.8 Å². The van der Waals surface area contributed by atoms with E-state index < -0.39 is 13.9 Å². The molecule has 2 aromatic carbocycles. The molecule has 2 saturated carbocycles. The molecule has 4 unspecified atom stereocenters. The lowest BCUT2D eigenvalue weighted by molar-refractivity contribution is -0.144. The summed E-state index contributed by atoms with van der Waals surface area (Å²) in [7, 11) is -2.67. The Morgan fingerprint density at radius 1 is 1.03 bits per heavy atom. The van der Waals surface area contributed by atoms with Crippen molar-refractivity contribution in [2.75, 3.05) is 13.2 Å². The number of carbonyl (C=O) groups is 1. The summed E-state index contributed by atoms with van der Waals surface area (Å²) < 4.78 is 13.5. The van der Waals surface area contributed by atoms with E-state index in [0.717, 1.165) is 32.1 Å². The van der Waals surface area contributed by atoms with Crippen molar-refractivity contribution in [2.24, 2.45) is 17.3 Å². The van der Waals surface area contributed by atoms with E-state index in [1.165, 1.54) is 10.4 Å². The first-order chi connectivity index (χ1) is 16.8. The highest BCUT2D eigenvalue weighted by Crippen LogP contribution is 2.64. The first-order valence-corrected chi connectivity index (χ1v) is 15.1. The standard InChI is InChI=1S/C31H38O3Si/c1-5-24-14-12-15-25(30(24)21-13-20-28(32)31(30)23-33-31)22-34-35(29(2,3)4,26-16-8-6-9-17-26)27-18-10-7-11-19-27/h1,6-11,16-19,24-25H,12-15,20-23H2,2-4H3. The van der Waals surface area contributed by atoms with Crippen LogP contribution in [0.15, 0.2) is 60.7 Å². The van der Waals surface area contributed by atoms with Gasteiger partial charge in [-0.3, -0.25) is 4.79 Å². The summed E-state index contributed by atoms with van der Waals surface area (Å²) in [5.74, 6) is 3.67. The maximum absolute atomic E-state index is 13.2. The molecule has 3 nitrogen and oxygen atoms in total. The van der Waals surface area contributed by atoms with Crippen LogP contribution >= 0.6 is 0 Å². The zero-order valence-electron chi connectivity index (χ0n) is 21.4. The van der Waals surface area contributed by atoms with Crippen LogP contribution in [0.2, 0.25) is 5.04 Å². The summed E-state index contributed by atoms with van der Waals surface area (Å²) >= 11 is 0. The Kier molecular flexibility index (Phi) is 6.32. The van der Waals surface area contributed by atoms with Gasteiger partial charge in [0.1, 0.15) is 0 Å². The lowest BCUT2D eigenvalue weighted by Gasteiger charge is -2.54. The van der Waals surface area contributed by atoms with Gasteiger partial charge in [0.05, 0.1) is 6.61 Å². The van der Waals surface area contributed by atoms with E-state index in [4.69, 9.17) is 15.6 Å². The first kappa shape index (κ1) is 24.5. The van der Waals surface area contributed by atoms with E-state index in [-0.39, 0.29) is 28.1 Å². The fourth-order valence-electron chi connectivity index (χ4n) is 7.52. The van der Waals surface area contributed by atoms with Gasteiger partial charge < -0.3 is 9.16 Å². The smallest absolute Gasteiger partial charge is 0.261 e. The number of ether oxygens (including phenoxy) is 1. The number of carbonyl (C=O) groups excluding carboxylic acids is 1. The monoisotopic (exact) mass is 486 g/mol. The molecule has 1 heterocycles. The maximum atomic E-state index is 13.2. The largest absolute Gasteiger partial charge is 0.407 e. The minimum Gasteiger partial charge on any atom is -0.407 e. The molecule has 0 radical (unpaired) electrons. The number of epoxide rings is 1. The van der Waals surface area contributed by atoms with Crippen molar-refractivity contribution in [1.82, 2.24) is 0 Å². The molecule has 3 aliphatic rings. The number of rotatable bonds is 5. The van der Waals surface area contributed by atoms with Crippen molar-refractivity contribution in [1.29, 1.82) is 0 Å². The van der Waals surface area contributed by atoms with Crippen LogP contribution in [0.5, 0.6) is 0 Å². The molecular formula is C31H38O3Si. The summed E-state index contributed by atoms with van der Waals surface area (Å²) in [5, 5.41) is 2.49. The molecule has 5 rings (SSSR count). The first-order valence-electron chi connectivity index (χ1n) is 13.2. The molecule has 1 saturated heterocycles. The second-order valence-corrected chi connectivity index (χ2v) is 16.1. The highest BCUT2D eigenvalue weighted by molar-refractivity contribution is 6.99. The normalized spacial score (nSPS) is 30.9. The highest BCUT2D eigenvalue weighted by atomic mass is 28.4. The summed E-state index contributed by atoms with van der Waals surface area (Å²) in [4.78, 5) is 13.2. The minimum absolute atomic E-state index is 0.0655. The van der Waals surface area contributed by atoms with E-state index in [1.54, 1.807) is 0 Å². The Bertz CT molecular complexity index is 1050. The van der Waals surface area contributed by atoms with E-state index in [9.17, 15) is 4.79 Å². The van der Waals surface area contributed by atoms with Crippen molar-refractivity contribution in [2.45, 2.75) is 69.9 Å². The van der Waals surface area contributed by atoms with Gasteiger partial charge in [-0.25, -0.2) is 0 Å². The van der Waals surface area contributed by atoms with E-state index >= 15 is 0 Å². The zero-order chi connectivity index (χ0) is 24.7. The number of hydrogen-bond donors (Lipinski definition) is 0. The second-order valence-electron chi connectivity index (χ2n) is 11.8. The highest BCUT2D eigenvalue weighted by Gasteiger charge is 2.72. The fourth-order valence-corrected chi connectivity index (χ4v) is 12.1. The maximum Gasteiger partial charge on any atom is 0.261 e. The quantitative estimate of drug-likeness (QED) is 0.334. The number of terminal acetylenes is 1. The molecule has 0 N–H and O–H groups in total. The molecule has 4 heteroatoms. The Hall–Kier alpha value is -2.19. The lowest BCUT2D eigenvalue weighted by Crippen LogP contribution is -2.68. The van der Waals surface area contributed by atoms with Crippen LogP contribution in [0.1, 0.15) is 59.3 Å². The molecule has 2 aliphatic carbocycles. The molecule has 2 spiro atoms. The molecule has 0 bridgehead atoms. The van der Waals surface area contributed by atoms with Crippen LogP contribution in [-0.2, 0) is 14.0 Å². The Morgan fingerprint density at radius 3 is 2.14 bits per heavy atom. The molecule has 2 aromatic rings. The average Bonchev–Trinajstić information content (AvgIpc) is 3.66. The van der Waals surface area contributed by atoms with Gasteiger partial charge in [-0.2, -0.15) is 0 Å². The molecule has 4 atom stereocenters. The van der Waals surface area contributed by atoms with Gasteiger partial charge in [0, 0.05) is 24.4 Å². The molecular weight excluding hydrogens is 448 g/mol. The van der Waals surface area contributed by atoms with Crippen molar-refractivity contribution in [3.63, 3.8) is 0 Å². The van der Waals surface area contributed by atoms with Crippen LogP contribution in [0, 0.1) is 29.6 Å². The predicted molar refractivity (Wildman–Crippen MR) is 143 cm³/mol. The fraction of sp³-hybridized carbons (Fsp3) is 0.516. The van der Waals surface area contributed by atoms with Gasteiger partial charge in [0.15, 0.2) is 11.4 Å². The Morgan fingerprint density at radius 2 is 1.63 bits per heavy atom. The van der Waals surface area contributed by atoms with E-state index in [0.29, 0.717) is 19.6 Å². The summed E-state index contributed by atoms with van der Waals surface area (Å²) in [6.45, 7) is 8.09. The average molecular weight is 487 g/mol. The van der Waals surface area contributed by atoms with Crippen molar-refractivity contribution in [3.05, 3.63) is 60.7 Å². The SMILES string of the molecule is C#CC1CCCC(CO[Si](c2ccccc2)(c2ccccc2)C(C)(C)C)C12CCCC(=O)C21CO1. The van der Waals surface area contributed by atoms with Gasteiger partial charge in [-0.15, -0.1) is 12.3 Å². The molecule has 0 aromatic heterocycles. The number of Topliss-reactive ketones (excluding diaryl/α,β-unsaturated/α-hetero) is 1. The van der Waals surface area contributed by atoms with Crippen LogP contribution in [-0.4, -0.2) is 32.9 Å². The summed E-state index contributed by atoms with van der Waals surface area (Å²) in [5.41, 5.74) is -0.983. The van der Waals surface area contributed by atoms with Crippen molar-refractivity contribution in [3.8, 4) is 12.3 Å². The van der Waals surface area contributed by atoms with Crippen molar-refractivity contribution < 1.29 is 14.0 Å². The minimum atomic E-state index is -2.67. The van der Waals surface area contributed by atoms with Crippen LogP contribution in [0.3, 0.4) is 0 Å². The Balaban J connectivity index is 1.59. The van der Waals surface area contributed by atoms with Crippen molar-refractivity contribution >= 4 is 24.5 Å². The summed E-state index contributed by atoms with van der Waals surface area (Å²) in [6, 6.07) is 21.6. The third kappa shape index (κ3) is 3.67. The number of hydrogen-bond acceptors (Lipinski definition) is 3. The lowest BCUT2D eigenvalue weighted by atomic mass is 9.49. The Labute approximate surface area is 211 Å². The van der Waals surface area contributed by atoms with Crippen LogP contribution in [0.4, 0.5) is 0 Å². The van der Waals surface area contributed by atoms with E-state index in [2.05, 4.69) is 87.4 Å². The third-order valence-corrected chi connectivity index (χ3v) is 14.1. The van der Waals surface area contributed by atoms with Gasteiger partial charge >= 0.3 is 0 Å². The number of ketones is 1. The predicted octanol–water partition coefficient (Wildman–Crippen LogP) is 5.12. The zero-order valence-corrected chi connectivity index (χ0v) is 22.4. The van der Waals surface area contributed by atoms with Crippen LogP contribution < -0.4 is 10.4 Å². The third-order valence-electron chi connectivity index (χ3n) is 9.14. The van der Waals surface area contributed by atoms with Gasteiger partial charge in [-0.05, 0) is 47.0 Å². The molecule has 184 valence electrons. The second kappa shape index (κ2) is 9.03. The number of benzene rings is 2. The van der Waals surface area contributed by atoms with Crippen LogP contribution in [0.25, 0.3) is 0 Å². The number of fused-ring (bicyclic) bond motifs is 1. The van der Waals surface area contributed by atoms with Gasteiger partial charge in [0.2, 0.25) is 0 Å². The molecule has 1 aliphatic heterocycles. The van der Waals surface area contributed by atoms with Gasteiger partial charge in [0.25, 0.3) is 8.32 Å². The van der Waals surface area contributed by atoms with Gasteiger partial charge in [-0.1, -0.05) is 87.9 Å².